The van der Waals surface area contributed by atoms with Crippen LogP contribution in [-0.4, -0.2) is 35.5 Å². The topological polar surface area (TPSA) is 38.2 Å². The number of benzene rings is 1. The molecule has 4 nitrogen and oxygen atoms in total. The Morgan fingerprint density at radius 3 is 2.74 bits per heavy atom. The average molecular weight is 278 g/mol. The summed E-state index contributed by atoms with van der Waals surface area (Å²) in [5.41, 5.74) is 1.95. The van der Waals surface area contributed by atoms with Gasteiger partial charge in [0.1, 0.15) is 0 Å². The lowest BCUT2D eigenvalue weighted by atomic mass is 10.1. The molecule has 19 heavy (non-hydrogen) atoms. The number of aromatic nitrogens is 2. The summed E-state index contributed by atoms with van der Waals surface area (Å²) < 4.78 is 5.77. The maximum Gasteiger partial charge on any atom is 0.0951 e. The maximum absolute atomic E-state index is 6.10. The van der Waals surface area contributed by atoms with Crippen molar-refractivity contribution in [1.29, 1.82) is 0 Å². The third-order valence-corrected chi connectivity index (χ3v) is 3.58. The second kappa shape index (κ2) is 4.94. The van der Waals surface area contributed by atoms with Crippen molar-refractivity contribution in [3.05, 3.63) is 29.4 Å². The number of morpholine rings is 1. The fourth-order valence-electron chi connectivity index (χ4n) is 2.64. The average Bonchev–Trinajstić information content (AvgIpc) is 2.36. The Morgan fingerprint density at radius 1 is 1.26 bits per heavy atom. The van der Waals surface area contributed by atoms with Gasteiger partial charge in [-0.1, -0.05) is 11.6 Å². The fraction of sp³-hybridized carbons (Fsp3) is 0.429. The molecule has 1 aromatic heterocycles. The number of hydrogen-bond donors (Lipinski definition) is 0. The number of halogens is 1. The van der Waals surface area contributed by atoms with Crippen LogP contribution in [0.5, 0.6) is 0 Å². The summed E-state index contributed by atoms with van der Waals surface area (Å²) in [6.07, 6.45) is 2.24. The molecule has 1 saturated heterocycles. The van der Waals surface area contributed by atoms with Crippen LogP contribution < -0.4 is 4.90 Å². The van der Waals surface area contributed by atoms with Crippen LogP contribution in [0.2, 0.25) is 5.02 Å². The van der Waals surface area contributed by atoms with Gasteiger partial charge >= 0.3 is 0 Å². The highest BCUT2D eigenvalue weighted by atomic mass is 35.5. The molecule has 0 bridgehead atoms. The fourth-order valence-corrected chi connectivity index (χ4v) is 2.81. The lowest BCUT2D eigenvalue weighted by Crippen LogP contribution is -2.45. The largest absolute Gasteiger partial charge is 0.372 e. The third-order valence-electron chi connectivity index (χ3n) is 3.34. The Kier molecular flexibility index (Phi) is 3.29. The van der Waals surface area contributed by atoms with Gasteiger partial charge in [-0.05, 0) is 32.0 Å². The molecule has 2 aromatic rings. The van der Waals surface area contributed by atoms with Crippen LogP contribution in [-0.2, 0) is 4.74 Å². The van der Waals surface area contributed by atoms with Gasteiger partial charge in [-0.15, -0.1) is 0 Å². The molecule has 5 heteroatoms. The highest BCUT2D eigenvalue weighted by Gasteiger charge is 2.23. The number of ether oxygens (including phenoxy) is 1. The van der Waals surface area contributed by atoms with Crippen molar-refractivity contribution in [2.75, 3.05) is 18.0 Å². The van der Waals surface area contributed by atoms with Gasteiger partial charge in [0.2, 0.25) is 0 Å². The Balaban J connectivity index is 2.06. The Morgan fingerprint density at radius 2 is 2.00 bits per heavy atom. The van der Waals surface area contributed by atoms with Gasteiger partial charge in [-0.25, -0.2) is 0 Å². The molecule has 0 amide bonds. The van der Waals surface area contributed by atoms with Crippen molar-refractivity contribution in [1.82, 2.24) is 10.2 Å². The standard InChI is InChI=1S/C14H16ClN3O/c1-9-7-18(8-10(2)19-9)14-6-16-17-13-4-3-11(15)5-12(13)14/h3-6,9-10H,7-8H2,1-2H3/t9-,10-/m0/s1. The second-order valence-electron chi connectivity index (χ2n) is 5.05. The third kappa shape index (κ3) is 2.51. The van der Waals surface area contributed by atoms with Crippen LogP contribution >= 0.6 is 11.6 Å². The first kappa shape index (κ1) is 12.6. The normalized spacial score (nSPS) is 23.8. The molecule has 0 saturated carbocycles. The monoisotopic (exact) mass is 277 g/mol. The van der Waals surface area contributed by atoms with Crippen LogP contribution in [0.4, 0.5) is 5.69 Å². The van der Waals surface area contributed by atoms with Crippen LogP contribution in [0.3, 0.4) is 0 Å². The molecule has 0 N–H and O–H groups in total. The summed E-state index contributed by atoms with van der Waals surface area (Å²) in [5.74, 6) is 0. The van der Waals surface area contributed by atoms with Gasteiger partial charge in [0, 0.05) is 23.5 Å². The summed E-state index contributed by atoms with van der Waals surface area (Å²) in [6.45, 7) is 5.90. The van der Waals surface area contributed by atoms with Crippen molar-refractivity contribution in [2.24, 2.45) is 0 Å². The summed E-state index contributed by atoms with van der Waals surface area (Å²) in [6, 6.07) is 5.69. The molecule has 100 valence electrons. The number of fused-ring (bicyclic) bond motifs is 1. The number of anilines is 1. The minimum absolute atomic E-state index is 0.214. The first-order chi connectivity index (χ1) is 9.13. The minimum Gasteiger partial charge on any atom is -0.372 e. The van der Waals surface area contributed by atoms with Crippen LogP contribution in [0.25, 0.3) is 10.9 Å². The van der Waals surface area contributed by atoms with E-state index in [1.807, 2.05) is 24.4 Å². The lowest BCUT2D eigenvalue weighted by Gasteiger charge is -2.37. The highest BCUT2D eigenvalue weighted by molar-refractivity contribution is 6.31. The molecule has 0 aliphatic carbocycles. The van der Waals surface area contributed by atoms with Crippen molar-refractivity contribution < 1.29 is 4.74 Å². The zero-order chi connectivity index (χ0) is 13.4. The summed E-state index contributed by atoms with van der Waals surface area (Å²) in [5, 5.41) is 10.0. The molecule has 1 aliphatic rings. The second-order valence-corrected chi connectivity index (χ2v) is 5.49. The van der Waals surface area contributed by atoms with E-state index in [9.17, 15) is 0 Å². The molecule has 0 spiro atoms. The molecule has 1 fully saturated rings. The van der Waals surface area contributed by atoms with Crippen LogP contribution in [0.1, 0.15) is 13.8 Å². The molecule has 1 aliphatic heterocycles. The van der Waals surface area contributed by atoms with E-state index >= 15 is 0 Å². The van der Waals surface area contributed by atoms with E-state index in [-0.39, 0.29) is 12.2 Å². The van der Waals surface area contributed by atoms with E-state index in [1.165, 1.54) is 0 Å². The minimum atomic E-state index is 0.214. The highest BCUT2D eigenvalue weighted by Crippen LogP contribution is 2.29. The number of nitrogens with zero attached hydrogens (tertiary/aromatic N) is 3. The molecule has 0 unspecified atom stereocenters. The zero-order valence-electron chi connectivity index (χ0n) is 11.0. The van der Waals surface area contributed by atoms with Gasteiger partial charge in [-0.3, -0.25) is 0 Å². The smallest absolute Gasteiger partial charge is 0.0951 e. The summed E-state index contributed by atoms with van der Waals surface area (Å²) in [7, 11) is 0. The molecular weight excluding hydrogens is 262 g/mol. The maximum atomic E-state index is 6.10. The Bertz CT molecular complexity index is 594. The predicted octanol–water partition coefficient (Wildman–Crippen LogP) is 2.90. The van der Waals surface area contributed by atoms with E-state index in [1.54, 1.807) is 0 Å². The molecule has 2 atom stereocenters. The number of hydrogen-bond acceptors (Lipinski definition) is 4. The van der Waals surface area contributed by atoms with Gasteiger partial charge < -0.3 is 9.64 Å². The Labute approximate surface area is 117 Å². The van der Waals surface area contributed by atoms with Crippen molar-refractivity contribution in [2.45, 2.75) is 26.1 Å². The quantitative estimate of drug-likeness (QED) is 0.803. The zero-order valence-corrected chi connectivity index (χ0v) is 11.8. The summed E-state index contributed by atoms with van der Waals surface area (Å²) >= 11 is 6.10. The van der Waals surface area contributed by atoms with E-state index in [4.69, 9.17) is 16.3 Å². The first-order valence-electron chi connectivity index (χ1n) is 6.45. The summed E-state index contributed by atoms with van der Waals surface area (Å²) in [4.78, 5) is 2.30. The van der Waals surface area contributed by atoms with E-state index in [0.717, 1.165) is 34.7 Å². The number of rotatable bonds is 1. The molecule has 1 aromatic carbocycles. The molecular formula is C14H16ClN3O. The molecule has 2 heterocycles. The van der Waals surface area contributed by atoms with Crippen molar-refractivity contribution in [3.63, 3.8) is 0 Å². The molecule has 3 rings (SSSR count). The van der Waals surface area contributed by atoms with Gasteiger partial charge in [0.25, 0.3) is 0 Å². The van der Waals surface area contributed by atoms with E-state index in [0.29, 0.717) is 0 Å². The SMILES string of the molecule is C[C@H]1CN(c2cnnc3ccc(Cl)cc23)C[C@H](C)O1. The van der Waals surface area contributed by atoms with Gasteiger partial charge in [0.05, 0.1) is 29.6 Å². The van der Waals surface area contributed by atoms with Gasteiger partial charge in [-0.2, -0.15) is 10.2 Å². The van der Waals surface area contributed by atoms with Crippen molar-refractivity contribution >= 4 is 28.2 Å². The van der Waals surface area contributed by atoms with E-state index < -0.39 is 0 Å². The lowest BCUT2D eigenvalue weighted by molar-refractivity contribution is -0.00515. The van der Waals surface area contributed by atoms with Crippen molar-refractivity contribution in [3.8, 4) is 0 Å². The van der Waals surface area contributed by atoms with E-state index in [2.05, 4.69) is 28.9 Å². The molecule has 0 radical (unpaired) electrons. The van der Waals surface area contributed by atoms with Gasteiger partial charge in [0.15, 0.2) is 0 Å². The van der Waals surface area contributed by atoms with Crippen LogP contribution in [0.15, 0.2) is 24.4 Å². The first-order valence-corrected chi connectivity index (χ1v) is 6.82. The Hall–Kier alpha value is -1.39. The predicted molar refractivity (Wildman–Crippen MR) is 76.8 cm³/mol. The van der Waals surface area contributed by atoms with Crippen LogP contribution in [0, 0.1) is 0 Å².